The number of hydrogen-bond acceptors (Lipinski definition) is 4. The smallest absolute Gasteiger partial charge is 0.248 e. The van der Waals surface area contributed by atoms with Gasteiger partial charge in [0.25, 0.3) is 0 Å². The number of hydrazone groups is 1. The molecule has 0 bridgehead atoms. The van der Waals surface area contributed by atoms with Crippen LogP contribution in [0, 0.1) is 0 Å². The predicted molar refractivity (Wildman–Crippen MR) is 114 cm³/mol. The van der Waals surface area contributed by atoms with Crippen LogP contribution >= 0.6 is 15.9 Å². The third kappa shape index (κ3) is 4.57. The number of hydrogen-bond donors (Lipinski definition) is 1. The molecule has 142 valence electrons. The Morgan fingerprint density at radius 3 is 2.59 bits per heavy atom. The van der Waals surface area contributed by atoms with Crippen LogP contribution in [0.3, 0.4) is 0 Å². The van der Waals surface area contributed by atoms with Crippen molar-refractivity contribution in [1.29, 1.82) is 0 Å². The highest BCUT2D eigenvalue weighted by molar-refractivity contribution is 9.10. The van der Waals surface area contributed by atoms with E-state index in [1.165, 1.54) is 0 Å². The molecular formula is C21H25BrN4O. The van der Waals surface area contributed by atoms with E-state index in [4.69, 9.17) is 0 Å². The van der Waals surface area contributed by atoms with E-state index in [2.05, 4.69) is 45.2 Å². The van der Waals surface area contributed by atoms with E-state index >= 15 is 0 Å². The van der Waals surface area contributed by atoms with E-state index in [1.807, 2.05) is 53.4 Å². The minimum atomic E-state index is 0.0293. The minimum Gasteiger partial charge on any atom is -0.309 e. The second-order valence-corrected chi connectivity index (χ2v) is 7.31. The van der Waals surface area contributed by atoms with Gasteiger partial charge in [-0.25, -0.2) is 0 Å². The molecule has 1 aliphatic rings. The van der Waals surface area contributed by atoms with Crippen LogP contribution in [0.15, 0.2) is 58.1 Å². The van der Waals surface area contributed by atoms with E-state index in [0.29, 0.717) is 6.54 Å². The summed E-state index contributed by atoms with van der Waals surface area (Å²) in [6.07, 6.45) is 0. The molecule has 27 heavy (non-hydrogen) atoms. The number of nitrogens with one attached hydrogen (secondary N) is 1. The fourth-order valence-electron chi connectivity index (χ4n) is 3.25. The summed E-state index contributed by atoms with van der Waals surface area (Å²) in [7, 11) is 0. The maximum atomic E-state index is 12.8. The molecule has 0 aromatic heterocycles. The Hall–Kier alpha value is -2.18. The molecule has 0 saturated carbocycles. The number of amides is 1. The first kappa shape index (κ1) is 19.6. The van der Waals surface area contributed by atoms with E-state index in [1.54, 1.807) is 0 Å². The van der Waals surface area contributed by atoms with E-state index in [0.717, 1.165) is 46.6 Å². The molecular weight excluding hydrogens is 404 g/mol. The Bertz CT molecular complexity index is 818. The zero-order valence-corrected chi connectivity index (χ0v) is 17.4. The van der Waals surface area contributed by atoms with Gasteiger partial charge in [0, 0.05) is 28.7 Å². The molecule has 1 heterocycles. The van der Waals surface area contributed by atoms with Crippen LogP contribution in [0.5, 0.6) is 0 Å². The van der Waals surface area contributed by atoms with Gasteiger partial charge in [0.15, 0.2) is 0 Å². The van der Waals surface area contributed by atoms with Gasteiger partial charge < -0.3 is 15.2 Å². The summed E-state index contributed by atoms with van der Waals surface area (Å²) in [6.45, 7) is 7.91. The average molecular weight is 429 g/mol. The Balaban J connectivity index is 2.03. The quantitative estimate of drug-likeness (QED) is 0.765. The van der Waals surface area contributed by atoms with Gasteiger partial charge in [0.2, 0.25) is 5.91 Å². The molecule has 3 rings (SSSR count). The molecule has 2 aromatic rings. The molecule has 0 atom stereocenters. The standard InChI is InChI=1S/C21H25BrN4O/c1-3-25(4-2)12-13-26-19-11-10-17(22)14-18(19)21(24-23-15-20(26)27)16-8-6-5-7-9-16/h5-11,14,23H,3-4,12-13,15H2,1-2H3. The number of halogens is 1. The first-order chi connectivity index (χ1) is 13.1. The summed E-state index contributed by atoms with van der Waals surface area (Å²) in [5.74, 6) is 0.0293. The Kier molecular flexibility index (Phi) is 6.63. The molecule has 0 fully saturated rings. The van der Waals surface area contributed by atoms with Crippen LogP contribution < -0.4 is 10.3 Å². The average Bonchev–Trinajstić information content (AvgIpc) is 2.69. The minimum absolute atomic E-state index is 0.0293. The topological polar surface area (TPSA) is 47.9 Å². The summed E-state index contributed by atoms with van der Waals surface area (Å²) in [5, 5.41) is 4.54. The zero-order valence-electron chi connectivity index (χ0n) is 15.8. The lowest BCUT2D eigenvalue weighted by Crippen LogP contribution is -2.44. The molecule has 1 aliphatic heterocycles. The zero-order chi connectivity index (χ0) is 19.2. The number of fused-ring (bicyclic) bond motifs is 1. The maximum absolute atomic E-state index is 12.8. The number of anilines is 1. The summed E-state index contributed by atoms with van der Waals surface area (Å²) < 4.78 is 0.960. The lowest BCUT2D eigenvalue weighted by molar-refractivity contribution is -0.117. The number of likely N-dealkylation sites (N-methyl/N-ethyl adjacent to an activating group) is 1. The van der Waals surface area contributed by atoms with Gasteiger partial charge in [-0.3, -0.25) is 4.79 Å². The molecule has 1 N–H and O–H groups in total. The highest BCUT2D eigenvalue weighted by Crippen LogP contribution is 2.28. The molecule has 5 nitrogen and oxygen atoms in total. The van der Waals surface area contributed by atoms with Crippen LogP contribution in [0.2, 0.25) is 0 Å². The van der Waals surface area contributed by atoms with Gasteiger partial charge in [-0.05, 0) is 31.3 Å². The van der Waals surface area contributed by atoms with Crippen molar-refractivity contribution in [1.82, 2.24) is 10.3 Å². The Morgan fingerprint density at radius 2 is 1.89 bits per heavy atom. The summed E-state index contributed by atoms with van der Waals surface area (Å²) >= 11 is 3.57. The van der Waals surface area contributed by atoms with Crippen LogP contribution in [-0.2, 0) is 4.79 Å². The third-order valence-corrected chi connectivity index (χ3v) is 5.30. The molecule has 1 amide bonds. The van der Waals surface area contributed by atoms with Gasteiger partial charge in [-0.15, -0.1) is 0 Å². The number of rotatable bonds is 6. The third-order valence-electron chi connectivity index (χ3n) is 4.81. The molecule has 2 aromatic carbocycles. The summed E-state index contributed by atoms with van der Waals surface area (Å²) in [4.78, 5) is 17.0. The van der Waals surface area contributed by atoms with Crippen molar-refractivity contribution in [2.45, 2.75) is 13.8 Å². The van der Waals surface area contributed by atoms with Gasteiger partial charge in [-0.2, -0.15) is 5.10 Å². The largest absolute Gasteiger partial charge is 0.309 e. The number of carbonyl (C=O) groups is 1. The monoisotopic (exact) mass is 428 g/mol. The van der Waals surface area contributed by atoms with E-state index < -0.39 is 0 Å². The number of carbonyl (C=O) groups excluding carboxylic acids is 1. The predicted octanol–water partition coefficient (Wildman–Crippen LogP) is 3.48. The summed E-state index contributed by atoms with van der Waals surface area (Å²) in [6, 6.07) is 16.1. The van der Waals surface area contributed by atoms with Gasteiger partial charge in [0.05, 0.1) is 11.4 Å². The van der Waals surface area contributed by atoms with Crippen molar-refractivity contribution < 1.29 is 4.79 Å². The van der Waals surface area contributed by atoms with Crippen LogP contribution in [-0.4, -0.2) is 49.2 Å². The van der Waals surface area contributed by atoms with Crippen molar-refractivity contribution in [3.63, 3.8) is 0 Å². The van der Waals surface area contributed by atoms with Crippen molar-refractivity contribution in [3.05, 3.63) is 64.1 Å². The number of nitrogens with zero attached hydrogens (tertiary/aromatic N) is 3. The van der Waals surface area contributed by atoms with E-state index in [-0.39, 0.29) is 12.5 Å². The SMILES string of the molecule is CCN(CC)CCN1C(=O)CNN=C(c2ccccc2)c2cc(Br)ccc21. The van der Waals surface area contributed by atoms with Crippen molar-refractivity contribution in [2.24, 2.45) is 5.10 Å². The van der Waals surface area contributed by atoms with Gasteiger partial charge in [-0.1, -0.05) is 60.1 Å². The highest BCUT2D eigenvalue weighted by atomic mass is 79.9. The van der Waals surface area contributed by atoms with E-state index in [9.17, 15) is 4.79 Å². The maximum Gasteiger partial charge on any atom is 0.248 e. The van der Waals surface area contributed by atoms with Crippen molar-refractivity contribution in [2.75, 3.05) is 37.6 Å². The molecule has 0 spiro atoms. The molecule has 0 unspecified atom stereocenters. The highest BCUT2D eigenvalue weighted by Gasteiger charge is 2.24. The first-order valence-corrected chi connectivity index (χ1v) is 10.1. The summed E-state index contributed by atoms with van der Waals surface area (Å²) in [5.41, 5.74) is 6.66. The van der Waals surface area contributed by atoms with Crippen LogP contribution in [0.1, 0.15) is 25.0 Å². The molecule has 0 saturated heterocycles. The van der Waals surface area contributed by atoms with Crippen LogP contribution in [0.25, 0.3) is 0 Å². The van der Waals surface area contributed by atoms with Crippen molar-refractivity contribution >= 4 is 33.2 Å². The lowest BCUT2D eigenvalue weighted by Gasteiger charge is -2.30. The normalized spacial score (nSPS) is 14.3. The van der Waals surface area contributed by atoms with Crippen molar-refractivity contribution in [3.8, 4) is 0 Å². The first-order valence-electron chi connectivity index (χ1n) is 9.32. The van der Waals surface area contributed by atoms with Gasteiger partial charge >= 0.3 is 0 Å². The molecule has 0 aliphatic carbocycles. The van der Waals surface area contributed by atoms with Crippen LogP contribution in [0.4, 0.5) is 5.69 Å². The second kappa shape index (κ2) is 9.15. The lowest BCUT2D eigenvalue weighted by atomic mass is 9.99. The fraction of sp³-hybridized carbons (Fsp3) is 0.333. The fourth-order valence-corrected chi connectivity index (χ4v) is 3.61. The number of benzene rings is 2. The Labute approximate surface area is 169 Å². The second-order valence-electron chi connectivity index (χ2n) is 6.40. The van der Waals surface area contributed by atoms with Gasteiger partial charge in [0.1, 0.15) is 6.54 Å². The molecule has 0 radical (unpaired) electrons. The molecule has 6 heteroatoms. The Morgan fingerprint density at radius 1 is 1.15 bits per heavy atom.